The zero-order valence-corrected chi connectivity index (χ0v) is 12.4. The van der Waals surface area contributed by atoms with Gasteiger partial charge in [0.2, 0.25) is 5.91 Å². The first-order valence-corrected chi connectivity index (χ1v) is 8.28. The normalized spacial score (nSPS) is 33.2. The Bertz CT molecular complexity index is 521. The number of hydrogen-bond donors (Lipinski definition) is 1. The molecule has 0 aromatic heterocycles. The maximum Gasteiger partial charge on any atom is 0.230 e. The van der Waals surface area contributed by atoms with Gasteiger partial charge in [-0.3, -0.25) is 4.79 Å². The van der Waals surface area contributed by atoms with E-state index in [0.29, 0.717) is 18.1 Å². The van der Waals surface area contributed by atoms with E-state index >= 15 is 0 Å². The minimum absolute atomic E-state index is 0.251. The second kappa shape index (κ2) is 5.13. The van der Waals surface area contributed by atoms with E-state index in [1.54, 1.807) is 0 Å². The number of carbonyl (C=O) groups is 1. The molecule has 1 heterocycles. The SMILES string of the molecule is O=C(N[C@@H]1C[C@H]2OCC[C@@H]12)C1(c2ccccc2)CCCC1. The lowest BCUT2D eigenvalue weighted by molar-refractivity contribution is -0.129. The molecule has 1 amide bonds. The summed E-state index contributed by atoms with van der Waals surface area (Å²) in [6.45, 7) is 0.867. The van der Waals surface area contributed by atoms with Crippen LogP contribution in [0.25, 0.3) is 0 Å². The number of fused-ring (bicyclic) bond motifs is 1. The molecule has 0 unspecified atom stereocenters. The maximum atomic E-state index is 13.0. The highest BCUT2D eigenvalue weighted by molar-refractivity contribution is 5.89. The Labute approximate surface area is 126 Å². The molecule has 3 aliphatic rings. The van der Waals surface area contributed by atoms with Gasteiger partial charge in [-0.2, -0.15) is 0 Å². The molecule has 0 bridgehead atoms. The van der Waals surface area contributed by atoms with Crippen LogP contribution in [-0.4, -0.2) is 24.7 Å². The van der Waals surface area contributed by atoms with E-state index in [-0.39, 0.29) is 11.3 Å². The Morgan fingerprint density at radius 3 is 2.67 bits per heavy atom. The molecule has 3 fully saturated rings. The van der Waals surface area contributed by atoms with Crippen LogP contribution in [0.1, 0.15) is 44.1 Å². The van der Waals surface area contributed by atoms with Crippen molar-refractivity contribution < 1.29 is 9.53 Å². The molecule has 1 N–H and O–H groups in total. The standard InChI is InChI=1S/C18H23NO2/c20-17(19-15-12-16-14(15)8-11-21-16)18(9-4-5-10-18)13-6-2-1-3-7-13/h1-3,6-7,14-16H,4-5,8-12H2,(H,19,20)/t14-,15+,16+/m0/s1. The molecule has 3 atom stereocenters. The first kappa shape index (κ1) is 13.3. The Hall–Kier alpha value is -1.35. The zero-order valence-electron chi connectivity index (χ0n) is 12.4. The lowest BCUT2D eigenvalue weighted by atomic mass is 9.73. The molecule has 2 saturated carbocycles. The largest absolute Gasteiger partial charge is 0.378 e. The molecular weight excluding hydrogens is 262 g/mol. The van der Waals surface area contributed by atoms with Crippen LogP contribution in [-0.2, 0) is 14.9 Å². The van der Waals surface area contributed by atoms with Gasteiger partial charge >= 0.3 is 0 Å². The monoisotopic (exact) mass is 285 g/mol. The average molecular weight is 285 g/mol. The van der Waals surface area contributed by atoms with Crippen molar-refractivity contribution in [3.8, 4) is 0 Å². The van der Waals surface area contributed by atoms with Crippen LogP contribution in [0.5, 0.6) is 0 Å². The maximum absolute atomic E-state index is 13.0. The van der Waals surface area contributed by atoms with Crippen LogP contribution >= 0.6 is 0 Å². The second-order valence-electron chi connectivity index (χ2n) is 6.83. The number of ether oxygens (including phenoxy) is 1. The molecule has 4 rings (SSSR count). The van der Waals surface area contributed by atoms with Gasteiger partial charge in [0, 0.05) is 18.6 Å². The summed E-state index contributed by atoms with van der Waals surface area (Å²) in [6.07, 6.45) is 6.80. The first-order chi connectivity index (χ1) is 10.3. The van der Waals surface area contributed by atoms with E-state index in [1.807, 2.05) is 18.2 Å². The summed E-state index contributed by atoms with van der Waals surface area (Å²) < 4.78 is 5.65. The van der Waals surface area contributed by atoms with Gasteiger partial charge in [-0.05, 0) is 31.2 Å². The van der Waals surface area contributed by atoms with E-state index in [2.05, 4.69) is 17.4 Å². The first-order valence-electron chi connectivity index (χ1n) is 8.28. The summed E-state index contributed by atoms with van der Waals surface area (Å²) in [5.41, 5.74) is 0.907. The van der Waals surface area contributed by atoms with Gasteiger partial charge in [-0.15, -0.1) is 0 Å². The Morgan fingerprint density at radius 2 is 1.95 bits per heavy atom. The molecule has 112 valence electrons. The fraction of sp³-hybridized carbons (Fsp3) is 0.611. The van der Waals surface area contributed by atoms with E-state index in [0.717, 1.165) is 45.1 Å². The van der Waals surface area contributed by atoms with E-state index < -0.39 is 0 Å². The van der Waals surface area contributed by atoms with Crippen molar-refractivity contribution >= 4 is 5.91 Å². The third kappa shape index (κ3) is 2.10. The topological polar surface area (TPSA) is 38.3 Å². The molecule has 1 aromatic rings. The van der Waals surface area contributed by atoms with Crippen LogP contribution in [0, 0.1) is 5.92 Å². The second-order valence-corrected chi connectivity index (χ2v) is 6.83. The third-order valence-corrected chi connectivity index (χ3v) is 5.80. The smallest absolute Gasteiger partial charge is 0.230 e. The highest BCUT2D eigenvalue weighted by atomic mass is 16.5. The minimum Gasteiger partial charge on any atom is -0.378 e. The van der Waals surface area contributed by atoms with Gasteiger partial charge < -0.3 is 10.1 Å². The van der Waals surface area contributed by atoms with E-state index in [4.69, 9.17) is 4.74 Å². The van der Waals surface area contributed by atoms with Crippen molar-refractivity contribution in [2.45, 2.75) is 56.1 Å². The molecule has 3 nitrogen and oxygen atoms in total. The zero-order chi connectivity index (χ0) is 14.3. The van der Waals surface area contributed by atoms with Crippen LogP contribution in [0.15, 0.2) is 30.3 Å². The van der Waals surface area contributed by atoms with Crippen molar-refractivity contribution in [1.82, 2.24) is 5.32 Å². The van der Waals surface area contributed by atoms with Crippen molar-refractivity contribution in [2.75, 3.05) is 6.61 Å². The molecule has 0 spiro atoms. The summed E-state index contributed by atoms with van der Waals surface area (Å²) in [5, 5.41) is 3.35. The number of carbonyl (C=O) groups excluding carboxylic acids is 1. The van der Waals surface area contributed by atoms with Crippen molar-refractivity contribution in [2.24, 2.45) is 5.92 Å². The van der Waals surface area contributed by atoms with Crippen LogP contribution in [0.2, 0.25) is 0 Å². The van der Waals surface area contributed by atoms with Gasteiger partial charge in [-0.1, -0.05) is 43.2 Å². The average Bonchev–Trinajstić information content (AvgIpc) is 3.13. The Balaban J connectivity index is 1.53. The summed E-state index contributed by atoms with van der Waals surface area (Å²) in [7, 11) is 0. The third-order valence-electron chi connectivity index (χ3n) is 5.80. The molecule has 1 saturated heterocycles. The molecule has 1 aliphatic heterocycles. The number of rotatable bonds is 3. The summed E-state index contributed by atoms with van der Waals surface area (Å²) >= 11 is 0. The lowest BCUT2D eigenvalue weighted by Crippen LogP contribution is -2.57. The summed E-state index contributed by atoms with van der Waals surface area (Å²) in [4.78, 5) is 13.0. The minimum atomic E-state index is -0.286. The molecule has 2 aliphatic carbocycles. The quantitative estimate of drug-likeness (QED) is 0.927. The summed E-state index contributed by atoms with van der Waals surface area (Å²) in [5.74, 6) is 0.810. The molecule has 1 aromatic carbocycles. The van der Waals surface area contributed by atoms with Gasteiger partial charge in [-0.25, -0.2) is 0 Å². The molecule has 0 radical (unpaired) electrons. The predicted octanol–water partition coefficient (Wildman–Crippen LogP) is 2.79. The van der Waals surface area contributed by atoms with Crippen LogP contribution in [0.3, 0.4) is 0 Å². The van der Waals surface area contributed by atoms with E-state index in [9.17, 15) is 4.79 Å². The predicted molar refractivity (Wildman–Crippen MR) is 81.0 cm³/mol. The van der Waals surface area contributed by atoms with Gasteiger partial charge in [0.15, 0.2) is 0 Å². The number of amides is 1. The Kier molecular flexibility index (Phi) is 3.26. The highest BCUT2D eigenvalue weighted by Gasteiger charge is 2.49. The lowest BCUT2D eigenvalue weighted by Gasteiger charge is -2.41. The number of benzene rings is 1. The summed E-state index contributed by atoms with van der Waals surface area (Å²) in [6, 6.07) is 10.7. The molecule has 21 heavy (non-hydrogen) atoms. The highest BCUT2D eigenvalue weighted by Crippen LogP contribution is 2.43. The van der Waals surface area contributed by atoms with Crippen molar-refractivity contribution in [3.63, 3.8) is 0 Å². The van der Waals surface area contributed by atoms with Crippen LogP contribution < -0.4 is 5.32 Å². The van der Waals surface area contributed by atoms with Crippen molar-refractivity contribution in [1.29, 1.82) is 0 Å². The fourth-order valence-electron chi connectivity index (χ4n) is 4.45. The van der Waals surface area contributed by atoms with Gasteiger partial charge in [0.1, 0.15) is 0 Å². The van der Waals surface area contributed by atoms with E-state index in [1.165, 1.54) is 5.56 Å². The molecule has 3 heteroatoms. The van der Waals surface area contributed by atoms with Crippen LogP contribution in [0.4, 0.5) is 0 Å². The fourth-order valence-corrected chi connectivity index (χ4v) is 4.45. The Morgan fingerprint density at radius 1 is 1.19 bits per heavy atom. The van der Waals surface area contributed by atoms with Gasteiger partial charge in [0.05, 0.1) is 11.5 Å². The number of nitrogens with one attached hydrogen (secondary N) is 1. The van der Waals surface area contributed by atoms with Gasteiger partial charge in [0.25, 0.3) is 0 Å². The van der Waals surface area contributed by atoms with Crippen molar-refractivity contribution in [3.05, 3.63) is 35.9 Å². The number of hydrogen-bond acceptors (Lipinski definition) is 2. The molecular formula is C18H23NO2.